The molecule has 0 aromatic carbocycles. The molecule has 2 aromatic heterocycles. The Labute approximate surface area is 74.6 Å². The molecule has 0 fully saturated rings. The second-order valence-electron chi connectivity index (χ2n) is 2.47. The molecule has 0 radical (unpaired) electrons. The maximum Gasteiger partial charge on any atom is 0.398 e. The largest absolute Gasteiger partial charge is 0.398 e. The van der Waals surface area contributed by atoms with E-state index < -0.39 is 16.9 Å². The van der Waals surface area contributed by atoms with Crippen molar-refractivity contribution in [3.63, 3.8) is 0 Å². The van der Waals surface area contributed by atoms with Crippen LogP contribution < -0.4 is 16.9 Å². The molecular formula is C6H3N5O3. The fraction of sp³-hybridized carbons (Fsp3) is 0. The van der Waals surface area contributed by atoms with Gasteiger partial charge in [-0.1, -0.05) is 0 Å². The van der Waals surface area contributed by atoms with E-state index in [2.05, 4.69) is 14.9 Å². The van der Waals surface area contributed by atoms with Gasteiger partial charge in [-0.25, -0.2) is 9.59 Å². The van der Waals surface area contributed by atoms with Crippen LogP contribution in [0.25, 0.3) is 16.1 Å². The van der Waals surface area contributed by atoms with E-state index in [-0.39, 0.29) is 11.2 Å². The van der Waals surface area contributed by atoms with Crippen molar-refractivity contribution >= 4 is 11.2 Å². The number of H-pyrrole nitrogens is 3. The van der Waals surface area contributed by atoms with Crippen molar-refractivity contribution in [2.24, 2.45) is 0 Å². The second kappa shape index (κ2) is 2.46. The van der Waals surface area contributed by atoms with Crippen LogP contribution in [0, 0.1) is 6.57 Å². The predicted octanol–water partition coefficient (Wildman–Crippen LogP) is -1.61. The average Bonchev–Trinajstić information content (AvgIpc) is 2.48. The maximum absolute atomic E-state index is 11.1. The normalized spacial score (nSPS) is 10.2. The number of hydrogen-bond acceptors (Lipinski definition) is 3. The van der Waals surface area contributed by atoms with Crippen LogP contribution in [0.5, 0.6) is 0 Å². The highest BCUT2D eigenvalue weighted by atomic mass is 16.2. The monoisotopic (exact) mass is 193 g/mol. The first kappa shape index (κ1) is 8.06. The minimum Gasteiger partial charge on any atom is -0.300 e. The van der Waals surface area contributed by atoms with Gasteiger partial charge in [0, 0.05) is 4.68 Å². The minimum atomic E-state index is -0.882. The third-order valence-electron chi connectivity index (χ3n) is 1.66. The second-order valence-corrected chi connectivity index (χ2v) is 2.47. The summed E-state index contributed by atoms with van der Waals surface area (Å²) in [6.07, 6.45) is 0. The van der Waals surface area contributed by atoms with Crippen molar-refractivity contribution in [1.82, 2.24) is 19.6 Å². The SMILES string of the molecule is [C-]#[N+]n1c(=O)[nH]c(=O)c2[nH]c(=O)[nH]c21. The molecule has 0 unspecified atom stereocenters. The number of aromatic amines is 3. The Morgan fingerprint density at radius 2 is 1.86 bits per heavy atom. The molecule has 0 atom stereocenters. The molecule has 70 valence electrons. The van der Waals surface area contributed by atoms with E-state index in [1.807, 2.05) is 4.98 Å². The van der Waals surface area contributed by atoms with Crippen LogP contribution in [-0.2, 0) is 0 Å². The van der Waals surface area contributed by atoms with Gasteiger partial charge in [0.15, 0.2) is 5.52 Å². The molecule has 0 bridgehead atoms. The molecular weight excluding hydrogens is 190 g/mol. The summed E-state index contributed by atoms with van der Waals surface area (Å²) in [7, 11) is 0. The number of fused-ring (bicyclic) bond motifs is 1. The van der Waals surface area contributed by atoms with Crippen molar-refractivity contribution < 1.29 is 0 Å². The Bertz CT molecular complexity index is 706. The highest BCUT2D eigenvalue weighted by Crippen LogP contribution is 1.95. The molecule has 8 heteroatoms. The summed E-state index contributed by atoms with van der Waals surface area (Å²) < 4.78 is 0.564. The number of rotatable bonds is 0. The number of aromatic nitrogens is 4. The highest BCUT2D eigenvalue weighted by Gasteiger charge is 2.12. The number of nitrogens with zero attached hydrogens (tertiary/aromatic N) is 2. The zero-order chi connectivity index (χ0) is 10.3. The molecule has 0 aliphatic carbocycles. The van der Waals surface area contributed by atoms with E-state index in [0.717, 1.165) is 0 Å². The van der Waals surface area contributed by atoms with Gasteiger partial charge in [0.05, 0.1) is 0 Å². The molecule has 2 rings (SSSR count). The molecule has 8 nitrogen and oxygen atoms in total. The number of nitrogens with one attached hydrogen (secondary N) is 3. The highest BCUT2D eigenvalue weighted by molar-refractivity contribution is 5.68. The van der Waals surface area contributed by atoms with Crippen LogP contribution in [0.4, 0.5) is 0 Å². The van der Waals surface area contributed by atoms with E-state index in [1.165, 1.54) is 0 Å². The zero-order valence-corrected chi connectivity index (χ0v) is 6.62. The minimum absolute atomic E-state index is 0.120. The Kier molecular flexibility index (Phi) is 1.42. The summed E-state index contributed by atoms with van der Waals surface area (Å²) >= 11 is 0. The third kappa shape index (κ3) is 0.893. The van der Waals surface area contributed by atoms with Crippen molar-refractivity contribution in [2.45, 2.75) is 0 Å². The van der Waals surface area contributed by atoms with Crippen molar-refractivity contribution in [1.29, 1.82) is 0 Å². The zero-order valence-electron chi connectivity index (χ0n) is 6.62. The van der Waals surface area contributed by atoms with Crippen LogP contribution >= 0.6 is 0 Å². The van der Waals surface area contributed by atoms with Gasteiger partial charge in [0.1, 0.15) is 0 Å². The first-order chi connectivity index (χ1) is 6.63. The lowest BCUT2D eigenvalue weighted by Gasteiger charge is -1.88. The van der Waals surface area contributed by atoms with Crippen LogP contribution in [0.3, 0.4) is 0 Å². The van der Waals surface area contributed by atoms with E-state index in [0.29, 0.717) is 4.68 Å². The van der Waals surface area contributed by atoms with Crippen molar-refractivity contribution in [2.75, 3.05) is 0 Å². The first-order valence-corrected chi connectivity index (χ1v) is 3.48. The van der Waals surface area contributed by atoms with Crippen molar-refractivity contribution in [3.8, 4) is 0 Å². The van der Waals surface area contributed by atoms with Gasteiger partial charge in [0.25, 0.3) is 5.56 Å². The quantitative estimate of drug-likeness (QED) is 0.438. The summed E-state index contributed by atoms with van der Waals surface area (Å²) in [5, 5.41) is 0. The molecule has 14 heavy (non-hydrogen) atoms. The first-order valence-electron chi connectivity index (χ1n) is 3.48. The molecule has 0 saturated carbocycles. The van der Waals surface area contributed by atoms with E-state index >= 15 is 0 Å². The summed E-state index contributed by atoms with van der Waals surface area (Å²) in [6, 6.07) is 0. The number of hydrogen-bond donors (Lipinski definition) is 3. The van der Waals surface area contributed by atoms with Crippen LogP contribution in [-0.4, -0.2) is 19.6 Å². The smallest absolute Gasteiger partial charge is 0.300 e. The lowest BCUT2D eigenvalue weighted by Crippen LogP contribution is -2.27. The van der Waals surface area contributed by atoms with Gasteiger partial charge in [0.2, 0.25) is 5.65 Å². The molecule has 2 aromatic rings. The van der Waals surface area contributed by atoms with E-state index in [4.69, 9.17) is 6.57 Å². The Morgan fingerprint density at radius 3 is 2.50 bits per heavy atom. The molecule has 0 spiro atoms. The molecule has 0 aliphatic rings. The van der Waals surface area contributed by atoms with Gasteiger partial charge < -0.3 is 0 Å². The average molecular weight is 193 g/mol. The van der Waals surface area contributed by atoms with Gasteiger partial charge in [-0.15, -0.1) is 4.95 Å². The summed E-state index contributed by atoms with van der Waals surface area (Å²) in [6.45, 7) is 6.68. The van der Waals surface area contributed by atoms with Crippen LogP contribution in [0.2, 0.25) is 0 Å². The van der Waals surface area contributed by atoms with E-state index in [1.54, 1.807) is 0 Å². The van der Waals surface area contributed by atoms with Crippen molar-refractivity contribution in [3.05, 3.63) is 42.8 Å². The Hall–Kier alpha value is -2.56. The van der Waals surface area contributed by atoms with Crippen LogP contribution in [0.15, 0.2) is 14.4 Å². The van der Waals surface area contributed by atoms with Crippen LogP contribution in [0.1, 0.15) is 0 Å². The molecule has 0 aliphatic heterocycles. The summed E-state index contributed by atoms with van der Waals surface area (Å²) in [4.78, 5) is 42.1. The van der Waals surface area contributed by atoms with Gasteiger partial charge in [-0.05, 0) is 0 Å². The summed E-state index contributed by atoms with van der Waals surface area (Å²) in [5.41, 5.74) is -2.51. The molecule has 0 amide bonds. The lowest BCUT2D eigenvalue weighted by molar-refractivity contribution is 0.926. The summed E-state index contributed by atoms with van der Waals surface area (Å²) in [5.74, 6) is 0. The molecule has 0 saturated heterocycles. The standard InChI is InChI=1S/C6H3N5O3/c1-7-11-3-2(8-5(13)9-3)4(12)10-6(11)14/h(H2,8,9,13)(H,10,12,14). The fourth-order valence-corrected chi connectivity index (χ4v) is 1.11. The lowest BCUT2D eigenvalue weighted by atomic mass is 10.5. The Balaban J connectivity index is 3.23. The Morgan fingerprint density at radius 1 is 1.14 bits per heavy atom. The molecule has 2 heterocycles. The maximum atomic E-state index is 11.1. The topological polar surface area (TPSA) is 108 Å². The fourth-order valence-electron chi connectivity index (χ4n) is 1.11. The van der Waals surface area contributed by atoms with Gasteiger partial charge in [-0.3, -0.25) is 19.7 Å². The number of imidazole rings is 1. The third-order valence-corrected chi connectivity index (χ3v) is 1.66. The van der Waals surface area contributed by atoms with Gasteiger partial charge in [-0.2, -0.15) is 6.57 Å². The van der Waals surface area contributed by atoms with Gasteiger partial charge >= 0.3 is 11.4 Å². The van der Waals surface area contributed by atoms with E-state index in [9.17, 15) is 14.4 Å². The molecule has 3 N–H and O–H groups in total. The predicted molar refractivity (Wildman–Crippen MR) is 45.8 cm³/mol.